The van der Waals surface area contributed by atoms with Crippen LogP contribution in [0.15, 0.2) is 61.1 Å². The maximum Gasteiger partial charge on any atom is 0.242 e. The second-order valence-electron chi connectivity index (χ2n) is 7.12. The molecule has 1 aliphatic heterocycles. The molecule has 0 bridgehead atoms. The summed E-state index contributed by atoms with van der Waals surface area (Å²) in [7, 11) is 0. The highest BCUT2D eigenvalue weighted by atomic mass is 19.1. The number of aryl methyl sites for hydroxylation is 1. The van der Waals surface area contributed by atoms with Crippen LogP contribution < -0.4 is 4.90 Å². The van der Waals surface area contributed by atoms with E-state index in [1.165, 1.54) is 12.1 Å². The van der Waals surface area contributed by atoms with E-state index in [9.17, 15) is 9.18 Å². The zero-order chi connectivity index (χ0) is 19.5. The van der Waals surface area contributed by atoms with Crippen molar-refractivity contribution in [3.63, 3.8) is 0 Å². The minimum atomic E-state index is -0.234. The van der Waals surface area contributed by atoms with Crippen LogP contribution in [0.4, 0.5) is 10.1 Å². The number of hydrogen-bond acceptors (Lipinski definition) is 3. The van der Waals surface area contributed by atoms with Crippen molar-refractivity contribution in [3.05, 3.63) is 78.1 Å². The van der Waals surface area contributed by atoms with Crippen molar-refractivity contribution in [2.75, 3.05) is 31.1 Å². The molecular formula is C22H23FN4O. The lowest BCUT2D eigenvalue weighted by Crippen LogP contribution is -2.51. The standard InChI is InChI=1S/C22H23FN4O/c1-17-14-27(16-24-17)21-8-6-20(7-9-21)26-13-12-25(22(28)15-26)11-10-18-2-4-19(23)5-3-18/h2-9,14,16H,10-13,15H2,1H3. The van der Waals surface area contributed by atoms with Gasteiger partial charge in [-0.3, -0.25) is 4.79 Å². The fourth-order valence-corrected chi connectivity index (χ4v) is 3.48. The summed E-state index contributed by atoms with van der Waals surface area (Å²) < 4.78 is 15.0. The number of carbonyl (C=O) groups excluding carboxylic acids is 1. The van der Waals surface area contributed by atoms with Crippen molar-refractivity contribution in [3.8, 4) is 5.69 Å². The second kappa shape index (κ2) is 7.84. The van der Waals surface area contributed by atoms with Gasteiger partial charge in [0, 0.05) is 37.2 Å². The quantitative estimate of drug-likeness (QED) is 0.685. The number of nitrogens with zero attached hydrogens (tertiary/aromatic N) is 4. The van der Waals surface area contributed by atoms with E-state index in [0.717, 1.165) is 35.6 Å². The minimum Gasteiger partial charge on any atom is -0.360 e. The third-order valence-electron chi connectivity index (χ3n) is 5.13. The number of piperazine rings is 1. The Morgan fingerprint density at radius 3 is 2.36 bits per heavy atom. The molecule has 3 aromatic rings. The molecule has 0 spiro atoms. The number of rotatable bonds is 5. The number of amides is 1. The molecule has 0 N–H and O–H groups in total. The summed E-state index contributed by atoms with van der Waals surface area (Å²) in [4.78, 5) is 20.8. The maximum atomic E-state index is 13.0. The maximum absolute atomic E-state index is 13.0. The van der Waals surface area contributed by atoms with Gasteiger partial charge in [-0.15, -0.1) is 0 Å². The predicted molar refractivity (Wildman–Crippen MR) is 107 cm³/mol. The van der Waals surface area contributed by atoms with Crippen molar-refractivity contribution in [2.45, 2.75) is 13.3 Å². The van der Waals surface area contributed by atoms with Gasteiger partial charge in [0.2, 0.25) is 5.91 Å². The van der Waals surface area contributed by atoms with Crippen molar-refractivity contribution in [1.29, 1.82) is 0 Å². The normalized spacial score (nSPS) is 14.6. The van der Waals surface area contributed by atoms with Crippen LogP contribution in [-0.2, 0) is 11.2 Å². The average Bonchev–Trinajstić information content (AvgIpc) is 3.15. The Kier molecular flexibility index (Phi) is 5.10. The van der Waals surface area contributed by atoms with Crippen LogP contribution >= 0.6 is 0 Å². The van der Waals surface area contributed by atoms with E-state index in [0.29, 0.717) is 19.6 Å². The summed E-state index contributed by atoms with van der Waals surface area (Å²) in [6.45, 7) is 4.51. The molecule has 144 valence electrons. The molecule has 1 saturated heterocycles. The Hall–Kier alpha value is -3.15. The molecule has 1 fully saturated rings. The second-order valence-corrected chi connectivity index (χ2v) is 7.12. The van der Waals surface area contributed by atoms with E-state index in [-0.39, 0.29) is 11.7 Å². The molecular weight excluding hydrogens is 355 g/mol. The van der Waals surface area contributed by atoms with E-state index in [1.807, 2.05) is 46.9 Å². The van der Waals surface area contributed by atoms with Gasteiger partial charge in [-0.25, -0.2) is 9.37 Å². The molecule has 0 unspecified atom stereocenters. The predicted octanol–water partition coefficient (Wildman–Crippen LogP) is 3.21. The van der Waals surface area contributed by atoms with Gasteiger partial charge in [0.15, 0.2) is 0 Å². The smallest absolute Gasteiger partial charge is 0.242 e. The Morgan fingerprint density at radius 2 is 1.71 bits per heavy atom. The molecule has 0 aliphatic carbocycles. The molecule has 0 saturated carbocycles. The third kappa shape index (κ3) is 4.06. The Labute approximate surface area is 164 Å². The van der Waals surface area contributed by atoms with Gasteiger partial charge in [0.25, 0.3) is 0 Å². The fourth-order valence-electron chi connectivity index (χ4n) is 3.48. The average molecular weight is 378 g/mol. The molecule has 1 aromatic heterocycles. The van der Waals surface area contributed by atoms with Crippen molar-refractivity contribution < 1.29 is 9.18 Å². The van der Waals surface area contributed by atoms with Crippen molar-refractivity contribution >= 4 is 11.6 Å². The van der Waals surface area contributed by atoms with Crippen LogP contribution in [0.5, 0.6) is 0 Å². The molecule has 6 heteroatoms. The summed E-state index contributed by atoms with van der Waals surface area (Å²) in [6, 6.07) is 14.7. The van der Waals surface area contributed by atoms with Gasteiger partial charge in [0.05, 0.1) is 18.6 Å². The molecule has 5 nitrogen and oxygen atoms in total. The third-order valence-corrected chi connectivity index (χ3v) is 5.13. The van der Waals surface area contributed by atoms with Crippen LogP contribution in [0.25, 0.3) is 5.69 Å². The highest BCUT2D eigenvalue weighted by molar-refractivity contribution is 5.83. The molecule has 1 aliphatic rings. The summed E-state index contributed by atoms with van der Waals surface area (Å²) >= 11 is 0. The monoisotopic (exact) mass is 378 g/mol. The van der Waals surface area contributed by atoms with Gasteiger partial charge in [0.1, 0.15) is 5.82 Å². The first-order chi connectivity index (χ1) is 13.6. The Morgan fingerprint density at radius 1 is 1.00 bits per heavy atom. The number of hydrogen-bond donors (Lipinski definition) is 0. The van der Waals surface area contributed by atoms with Crippen molar-refractivity contribution in [1.82, 2.24) is 14.5 Å². The number of halogens is 1. The van der Waals surface area contributed by atoms with Gasteiger partial charge >= 0.3 is 0 Å². The lowest BCUT2D eigenvalue weighted by Gasteiger charge is -2.35. The molecule has 0 radical (unpaired) electrons. The topological polar surface area (TPSA) is 41.4 Å². The Bertz CT molecular complexity index is 949. The van der Waals surface area contributed by atoms with E-state index < -0.39 is 0 Å². The van der Waals surface area contributed by atoms with E-state index in [4.69, 9.17) is 0 Å². The zero-order valence-corrected chi connectivity index (χ0v) is 15.9. The van der Waals surface area contributed by atoms with Gasteiger partial charge in [-0.1, -0.05) is 12.1 Å². The number of aromatic nitrogens is 2. The van der Waals surface area contributed by atoms with E-state index in [1.54, 1.807) is 18.5 Å². The van der Waals surface area contributed by atoms with E-state index in [2.05, 4.69) is 9.88 Å². The van der Waals surface area contributed by atoms with Crippen molar-refractivity contribution in [2.24, 2.45) is 0 Å². The van der Waals surface area contributed by atoms with Gasteiger partial charge in [-0.2, -0.15) is 0 Å². The lowest BCUT2D eigenvalue weighted by atomic mass is 10.1. The summed E-state index contributed by atoms with van der Waals surface area (Å²) in [5.74, 6) is -0.106. The largest absolute Gasteiger partial charge is 0.360 e. The number of anilines is 1. The zero-order valence-electron chi connectivity index (χ0n) is 15.9. The van der Waals surface area contributed by atoms with Gasteiger partial charge in [-0.05, 0) is 55.3 Å². The number of imidazole rings is 1. The fraction of sp³-hybridized carbons (Fsp3) is 0.273. The number of benzene rings is 2. The molecule has 0 atom stereocenters. The minimum absolute atomic E-state index is 0.127. The molecule has 2 aromatic carbocycles. The summed E-state index contributed by atoms with van der Waals surface area (Å²) in [5, 5.41) is 0. The van der Waals surface area contributed by atoms with Gasteiger partial charge < -0.3 is 14.4 Å². The SMILES string of the molecule is Cc1cn(-c2ccc(N3CCN(CCc4ccc(F)cc4)C(=O)C3)cc2)cn1. The summed E-state index contributed by atoms with van der Waals surface area (Å²) in [6.07, 6.45) is 4.53. The van der Waals surface area contributed by atoms with Crippen LogP contribution in [0.2, 0.25) is 0 Å². The van der Waals surface area contributed by atoms with Crippen LogP contribution in [0.3, 0.4) is 0 Å². The van der Waals surface area contributed by atoms with Crippen LogP contribution in [0.1, 0.15) is 11.3 Å². The van der Waals surface area contributed by atoms with E-state index >= 15 is 0 Å². The molecule has 28 heavy (non-hydrogen) atoms. The molecule has 4 rings (SSSR count). The summed E-state index contributed by atoms with van der Waals surface area (Å²) in [5.41, 5.74) is 4.12. The molecule has 2 heterocycles. The van der Waals surface area contributed by atoms with Crippen LogP contribution in [-0.4, -0.2) is 46.5 Å². The Balaban J connectivity index is 1.34. The lowest BCUT2D eigenvalue weighted by molar-refractivity contribution is -0.130. The first-order valence-electron chi connectivity index (χ1n) is 9.47. The number of carbonyl (C=O) groups is 1. The first-order valence-corrected chi connectivity index (χ1v) is 9.47. The highest BCUT2D eigenvalue weighted by Gasteiger charge is 2.23. The molecule has 1 amide bonds. The highest BCUT2D eigenvalue weighted by Crippen LogP contribution is 2.20. The van der Waals surface area contributed by atoms with Crippen LogP contribution in [0, 0.1) is 12.7 Å². The first kappa shape index (κ1) is 18.2.